The molecule has 1 fully saturated rings. The van der Waals surface area contributed by atoms with Gasteiger partial charge in [-0.1, -0.05) is 40.5 Å². The van der Waals surface area contributed by atoms with Crippen LogP contribution in [0.15, 0.2) is 28.7 Å². The molecule has 1 aliphatic carbocycles. The van der Waals surface area contributed by atoms with Crippen molar-refractivity contribution >= 4 is 27.7 Å². The van der Waals surface area contributed by atoms with Crippen molar-refractivity contribution in [3.63, 3.8) is 0 Å². The molecule has 0 spiro atoms. The van der Waals surface area contributed by atoms with Crippen molar-refractivity contribution in [2.75, 3.05) is 6.26 Å². The molecule has 1 aliphatic rings. The lowest BCUT2D eigenvalue weighted by molar-refractivity contribution is 0.379. The second-order valence-corrected chi connectivity index (χ2v) is 6.69. The summed E-state index contributed by atoms with van der Waals surface area (Å²) in [6.45, 7) is 0.979. The Balaban J connectivity index is 1.84. The summed E-state index contributed by atoms with van der Waals surface area (Å²) in [7, 11) is 0. The molecule has 94 valence electrons. The van der Waals surface area contributed by atoms with E-state index in [2.05, 4.69) is 51.8 Å². The van der Waals surface area contributed by atoms with E-state index in [9.17, 15) is 0 Å². The summed E-state index contributed by atoms with van der Waals surface area (Å²) in [5.74, 6) is 0. The molecule has 1 saturated carbocycles. The molecule has 0 bridgehead atoms. The highest BCUT2D eigenvalue weighted by molar-refractivity contribution is 9.10. The minimum Gasteiger partial charge on any atom is -0.310 e. The first-order valence-electron chi connectivity index (χ1n) is 6.29. The Labute approximate surface area is 117 Å². The molecule has 0 radical (unpaired) electrons. The molecule has 1 aromatic rings. The third kappa shape index (κ3) is 4.01. The molecule has 2 rings (SSSR count). The van der Waals surface area contributed by atoms with Crippen molar-refractivity contribution in [3.05, 3.63) is 34.3 Å². The molecule has 17 heavy (non-hydrogen) atoms. The molecule has 0 aromatic heterocycles. The smallest absolute Gasteiger partial charge is 0.0220 e. The van der Waals surface area contributed by atoms with Gasteiger partial charge in [0.05, 0.1) is 0 Å². The van der Waals surface area contributed by atoms with Crippen molar-refractivity contribution in [3.8, 4) is 0 Å². The molecule has 3 heteroatoms. The molecule has 0 amide bonds. The second-order valence-electron chi connectivity index (χ2n) is 4.69. The standard InChI is InChI=1S/C14H20BrNS/c1-17-13-7-4-6-12(9-13)16-10-11-5-2-3-8-14(11)15/h2-3,5,8,12-13,16H,4,6-7,9-10H2,1H3. The monoisotopic (exact) mass is 313 g/mol. The van der Waals surface area contributed by atoms with Crippen LogP contribution < -0.4 is 5.32 Å². The Morgan fingerprint density at radius 3 is 2.94 bits per heavy atom. The van der Waals surface area contributed by atoms with E-state index in [0.717, 1.165) is 11.8 Å². The first-order chi connectivity index (χ1) is 8.29. The normalized spacial score (nSPS) is 24.8. The van der Waals surface area contributed by atoms with Gasteiger partial charge in [0.2, 0.25) is 0 Å². The topological polar surface area (TPSA) is 12.0 Å². The van der Waals surface area contributed by atoms with Crippen LogP contribution in [0.2, 0.25) is 0 Å². The highest BCUT2D eigenvalue weighted by Crippen LogP contribution is 2.27. The molecule has 1 N–H and O–H groups in total. The van der Waals surface area contributed by atoms with Gasteiger partial charge in [0, 0.05) is 22.3 Å². The summed E-state index contributed by atoms with van der Waals surface area (Å²) in [6, 6.07) is 9.17. The van der Waals surface area contributed by atoms with Crippen LogP contribution in [0, 0.1) is 0 Å². The number of thioether (sulfide) groups is 1. The van der Waals surface area contributed by atoms with Gasteiger partial charge in [0.25, 0.3) is 0 Å². The van der Waals surface area contributed by atoms with Gasteiger partial charge in [-0.25, -0.2) is 0 Å². The fourth-order valence-corrected chi connectivity index (χ4v) is 3.69. The van der Waals surface area contributed by atoms with E-state index in [4.69, 9.17) is 0 Å². The van der Waals surface area contributed by atoms with Gasteiger partial charge >= 0.3 is 0 Å². The minimum atomic E-state index is 0.702. The fraction of sp³-hybridized carbons (Fsp3) is 0.571. The van der Waals surface area contributed by atoms with E-state index in [-0.39, 0.29) is 0 Å². The van der Waals surface area contributed by atoms with Crippen LogP contribution in [0.25, 0.3) is 0 Å². The van der Waals surface area contributed by atoms with Crippen LogP contribution in [-0.2, 0) is 6.54 Å². The lowest BCUT2D eigenvalue weighted by atomic mass is 9.95. The predicted molar refractivity (Wildman–Crippen MR) is 80.5 cm³/mol. The highest BCUT2D eigenvalue weighted by atomic mass is 79.9. The Bertz CT molecular complexity index is 356. The van der Waals surface area contributed by atoms with Crippen molar-refractivity contribution in [1.29, 1.82) is 0 Å². The predicted octanol–water partition coefficient (Wildman–Crippen LogP) is 4.21. The average molecular weight is 314 g/mol. The Kier molecular flexibility index (Phi) is 5.39. The van der Waals surface area contributed by atoms with Gasteiger partial charge in [-0.3, -0.25) is 0 Å². The molecule has 0 aliphatic heterocycles. The Morgan fingerprint density at radius 2 is 2.18 bits per heavy atom. The van der Waals surface area contributed by atoms with E-state index in [1.54, 1.807) is 0 Å². The summed E-state index contributed by atoms with van der Waals surface area (Å²) in [5, 5.41) is 4.56. The average Bonchev–Trinajstić information content (AvgIpc) is 2.38. The lowest BCUT2D eigenvalue weighted by Gasteiger charge is -2.29. The van der Waals surface area contributed by atoms with Crippen LogP contribution in [0.1, 0.15) is 31.2 Å². The SMILES string of the molecule is CSC1CCCC(NCc2ccccc2Br)C1. The Morgan fingerprint density at radius 1 is 1.35 bits per heavy atom. The number of nitrogens with one attached hydrogen (secondary N) is 1. The zero-order chi connectivity index (χ0) is 12.1. The van der Waals surface area contributed by atoms with E-state index in [1.165, 1.54) is 35.7 Å². The first kappa shape index (κ1) is 13.4. The van der Waals surface area contributed by atoms with Gasteiger partial charge in [-0.05, 0) is 37.1 Å². The van der Waals surface area contributed by atoms with E-state index in [0.29, 0.717) is 6.04 Å². The maximum absolute atomic E-state index is 3.70. The molecule has 1 aromatic carbocycles. The van der Waals surface area contributed by atoms with E-state index < -0.39 is 0 Å². The molecule has 1 nitrogen and oxygen atoms in total. The second kappa shape index (κ2) is 6.81. The number of hydrogen-bond acceptors (Lipinski definition) is 2. The number of halogens is 1. The van der Waals surface area contributed by atoms with Gasteiger partial charge in [-0.15, -0.1) is 0 Å². The van der Waals surface area contributed by atoms with Crippen LogP contribution >= 0.6 is 27.7 Å². The van der Waals surface area contributed by atoms with Crippen molar-refractivity contribution < 1.29 is 0 Å². The van der Waals surface area contributed by atoms with Crippen molar-refractivity contribution in [1.82, 2.24) is 5.32 Å². The molecular formula is C14H20BrNS. The number of rotatable bonds is 4. The summed E-state index contributed by atoms with van der Waals surface area (Å²) in [4.78, 5) is 0. The summed E-state index contributed by atoms with van der Waals surface area (Å²) >= 11 is 5.63. The maximum Gasteiger partial charge on any atom is 0.0220 e. The zero-order valence-electron chi connectivity index (χ0n) is 10.3. The third-order valence-electron chi connectivity index (χ3n) is 3.50. The molecule has 0 heterocycles. The maximum atomic E-state index is 3.70. The summed E-state index contributed by atoms with van der Waals surface area (Å²) in [5.41, 5.74) is 1.36. The van der Waals surface area contributed by atoms with Crippen LogP contribution in [0.3, 0.4) is 0 Å². The van der Waals surface area contributed by atoms with Crippen LogP contribution in [-0.4, -0.2) is 17.5 Å². The van der Waals surface area contributed by atoms with Gasteiger partial charge in [0.1, 0.15) is 0 Å². The molecular weight excluding hydrogens is 294 g/mol. The summed E-state index contributed by atoms with van der Waals surface area (Å²) in [6.07, 6.45) is 7.67. The summed E-state index contributed by atoms with van der Waals surface area (Å²) < 4.78 is 1.21. The number of hydrogen-bond donors (Lipinski definition) is 1. The van der Waals surface area contributed by atoms with Crippen molar-refractivity contribution in [2.24, 2.45) is 0 Å². The van der Waals surface area contributed by atoms with Gasteiger partial charge < -0.3 is 5.32 Å². The molecule has 2 atom stereocenters. The van der Waals surface area contributed by atoms with Crippen LogP contribution in [0.5, 0.6) is 0 Å². The van der Waals surface area contributed by atoms with E-state index in [1.807, 2.05) is 11.8 Å². The number of benzene rings is 1. The molecule has 0 saturated heterocycles. The zero-order valence-corrected chi connectivity index (χ0v) is 12.7. The first-order valence-corrected chi connectivity index (χ1v) is 8.37. The fourth-order valence-electron chi connectivity index (χ4n) is 2.44. The van der Waals surface area contributed by atoms with E-state index >= 15 is 0 Å². The largest absolute Gasteiger partial charge is 0.310 e. The molecule has 2 unspecified atom stereocenters. The van der Waals surface area contributed by atoms with Crippen molar-refractivity contribution in [2.45, 2.75) is 43.5 Å². The quantitative estimate of drug-likeness (QED) is 0.893. The van der Waals surface area contributed by atoms with Crippen LogP contribution in [0.4, 0.5) is 0 Å². The highest BCUT2D eigenvalue weighted by Gasteiger charge is 2.20. The minimum absolute atomic E-state index is 0.702. The Hall–Kier alpha value is 0.01000. The third-order valence-corrected chi connectivity index (χ3v) is 5.37. The van der Waals surface area contributed by atoms with Gasteiger partial charge in [-0.2, -0.15) is 11.8 Å². The lowest BCUT2D eigenvalue weighted by Crippen LogP contribution is -2.34. The van der Waals surface area contributed by atoms with Gasteiger partial charge in [0.15, 0.2) is 0 Å².